The fourth-order valence-corrected chi connectivity index (χ4v) is 4.23. The number of ether oxygens (including phenoxy) is 2. The molecule has 6 heteroatoms. The molecule has 3 rings (SSSR count). The molecule has 1 aromatic carbocycles. The van der Waals surface area contributed by atoms with Crippen LogP contribution in [0.3, 0.4) is 0 Å². The van der Waals surface area contributed by atoms with Gasteiger partial charge in [-0.25, -0.2) is 8.42 Å². The number of rotatable bonds is 3. The van der Waals surface area contributed by atoms with E-state index in [-0.39, 0.29) is 18.5 Å². The van der Waals surface area contributed by atoms with Crippen molar-refractivity contribution in [3.63, 3.8) is 0 Å². The minimum atomic E-state index is -3.24. The van der Waals surface area contributed by atoms with Gasteiger partial charge in [-0.2, -0.15) is 0 Å². The van der Waals surface area contributed by atoms with E-state index in [2.05, 4.69) is 5.32 Å². The Balaban J connectivity index is 1.79. The molecule has 0 aliphatic carbocycles. The van der Waals surface area contributed by atoms with Gasteiger partial charge >= 0.3 is 0 Å². The van der Waals surface area contributed by atoms with Gasteiger partial charge in [-0.1, -0.05) is 0 Å². The molecular weight excluding hydrogens is 266 g/mol. The quantitative estimate of drug-likeness (QED) is 0.902. The predicted octanol–water partition coefficient (Wildman–Crippen LogP) is 1.19. The van der Waals surface area contributed by atoms with Crippen molar-refractivity contribution >= 4 is 9.84 Å². The first-order valence-corrected chi connectivity index (χ1v) is 8.13. The van der Waals surface area contributed by atoms with Crippen LogP contribution < -0.4 is 14.8 Å². The molecule has 1 aromatic rings. The molecule has 0 spiro atoms. The Hall–Kier alpha value is -1.27. The number of hydrogen-bond donors (Lipinski definition) is 1. The topological polar surface area (TPSA) is 64.6 Å². The van der Waals surface area contributed by atoms with Crippen molar-refractivity contribution in [3.8, 4) is 11.5 Å². The first-order chi connectivity index (χ1) is 9.15. The first-order valence-electron chi connectivity index (χ1n) is 6.48. The lowest BCUT2D eigenvalue weighted by atomic mass is 10.0. The second kappa shape index (κ2) is 5.02. The second-order valence-corrected chi connectivity index (χ2v) is 7.02. The summed E-state index contributed by atoms with van der Waals surface area (Å²) in [7, 11) is -3.24. The molecule has 0 aromatic heterocycles. The Morgan fingerprint density at radius 2 is 1.89 bits per heavy atom. The molecule has 2 aliphatic heterocycles. The van der Waals surface area contributed by atoms with Gasteiger partial charge in [0.1, 0.15) is 0 Å². The van der Waals surface area contributed by atoms with E-state index in [1.807, 2.05) is 0 Å². The molecule has 0 amide bonds. The molecular formula is C13H17NO4S. The van der Waals surface area contributed by atoms with Crippen molar-refractivity contribution in [2.45, 2.75) is 17.7 Å². The summed E-state index contributed by atoms with van der Waals surface area (Å²) < 4.78 is 35.2. The van der Waals surface area contributed by atoms with Gasteiger partial charge in [0.15, 0.2) is 21.3 Å². The van der Waals surface area contributed by atoms with E-state index in [1.54, 1.807) is 18.2 Å². The predicted molar refractivity (Wildman–Crippen MR) is 70.2 cm³/mol. The van der Waals surface area contributed by atoms with Crippen LogP contribution in [0.1, 0.15) is 12.8 Å². The van der Waals surface area contributed by atoms with Crippen LogP contribution in [0.4, 0.5) is 0 Å². The van der Waals surface area contributed by atoms with E-state index in [0.717, 1.165) is 25.9 Å². The lowest BCUT2D eigenvalue weighted by molar-refractivity contribution is 0.174. The van der Waals surface area contributed by atoms with Gasteiger partial charge in [0.25, 0.3) is 0 Å². The van der Waals surface area contributed by atoms with Gasteiger partial charge in [0.05, 0.1) is 10.6 Å². The highest BCUT2D eigenvalue weighted by molar-refractivity contribution is 7.91. The summed E-state index contributed by atoms with van der Waals surface area (Å²) >= 11 is 0. The second-order valence-electron chi connectivity index (χ2n) is 4.99. The lowest BCUT2D eigenvalue weighted by Crippen LogP contribution is -2.31. The Labute approximate surface area is 112 Å². The highest BCUT2D eigenvalue weighted by atomic mass is 32.2. The monoisotopic (exact) mass is 283 g/mol. The maximum Gasteiger partial charge on any atom is 0.231 e. The van der Waals surface area contributed by atoms with Crippen LogP contribution >= 0.6 is 0 Å². The number of piperidine rings is 1. The summed E-state index contributed by atoms with van der Waals surface area (Å²) in [5.74, 6) is 1.60. The van der Waals surface area contributed by atoms with Crippen LogP contribution in [-0.4, -0.2) is 34.1 Å². The Morgan fingerprint density at radius 1 is 1.16 bits per heavy atom. The fraction of sp³-hybridized carbons (Fsp3) is 0.538. The van der Waals surface area contributed by atoms with Crippen molar-refractivity contribution in [2.75, 3.05) is 25.6 Å². The molecule has 5 nitrogen and oxygen atoms in total. The Bertz CT molecular complexity index is 564. The molecule has 19 heavy (non-hydrogen) atoms. The first kappa shape index (κ1) is 12.7. The van der Waals surface area contributed by atoms with Crippen LogP contribution in [0.5, 0.6) is 11.5 Å². The van der Waals surface area contributed by atoms with Crippen molar-refractivity contribution in [1.29, 1.82) is 0 Å². The highest BCUT2D eigenvalue weighted by Crippen LogP contribution is 2.34. The molecule has 1 N–H and O–H groups in total. The zero-order valence-electron chi connectivity index (χ0n) is 10.6. The third kappa shape index (κ3) is 2.69. The maximum absolute atomic E-state index is 12.4. The zero-order chi connectivity index (χ0) is 13.3. The maximum atomic E-state index is 12.4. The molecule has 2 aliphatic rings. The van der Waals surface area contributed by atoms with Crippen LogP contribution in [0.25, 0.3) is 0 Å². The average molecular weight is 283 g/mol. The van der Waals surface area contributed by atoms with Gasteiger partial charge in [0.2, 0.25) is 6.79 Å². The number of nitrogens with one attached hydrogen (secondary N) is 1. The third-order valence-electron chi connectivity index (χ3n) is 3.62. The Morgan fingerprint density at radius 3 is 2.68 bits per heavy atom. The number of fused-ring (bicyclic) bond motifs is 1. The molecule has 1 saturated heterocycles. The molecule has 0 saturated carbocycles. The van der Waals surface area contributed by atoms with Crippen molar-refractivity contribution in [1.82, 2.24) is 5.32 Å². The van der Waals surface area contributed by atoms with Gasteiger partial charge in [0, 0.05) is 6.07 Å². The molecule has 0 unspecified atom stereocenters. The lowest BCUT2D eigenvalue weighted by Gasteiger charge is -2.22. The van der Waals surface area contributed by atoms with Crippen LogP contribution in [0, 0.1) is 5.92 Å². The van der Waals surface area contributed by atoms with Crippen molar-refractivity contribution in [2.24, 2.45) is 5.92 Å². The molecule has 0 atom stereocenters. The zero-order valence-corrected chi connectivity index (χ0v) is 11.4. The summed E-state index contributed by atoms with van der Waals surface area (Å²) in [4.78, 5) is 0.329. The van der Waals surface area contributed by atoms with E-state index in [1.165, 1.54) is 0 Å². The SMILES string of the molecule is O=S(=O)(CC1CCNCC1)c1ccc2c(c1)OCO2. The molecule has 1 fully saturated rings. The van der Waals surface area contributed by atoms with Crippen LogP contribution in [-0.2, 0) is 9.84 Å². The number of hydrogen-bond acceptors (Lipinski definition) is 5. The molecule has 0 bridgehead atoms. The summed E-state index contributed by atoms with van der Waals surface area (Å²) in [5, 5.41) is 3.24. The fourth-order valence-electron chi connectivity index (χ4n) is 2.53. The van der Waals surface area contributed by atoms with Crippen LogP contribution in [0.2, 0.25) is 0 Å². The highest BCUT2D eigenvalue weighted by Gasteiger charge is 2.25. The van der Waals surface area contributed by atoms with Gasteiger partial charge in [-0.05, 0) is 44.0 Å². The minimum absolute atomic E-state index is 0.160. The average Bonchev–Trinajstić information content (AvgIpc) is 2.86. The largest absolute Gasteiger partial charge is 0.454 e. The van der Waals surface area contributed by atoms with E-state index in [9.17, 15) is 8.42 Å². The van der Waals surface area contributed by atoms with E-state index >= 15 is 0 Å². The van der Waals surface area contributed by atoms with Gasteiger partial charge < -0.3 is 14.8 Å². The standard InChI is InChI=1S/C13H17NO4S/c15-19(16,8-10-3-5-14-6-4-10)11-1-2-12-13(7-11)18-9-17-12/h1-2,7,10,14H,3-6,8-9H2. The van der Waals surface area contributed by atoms with Crippen molar-refractivity contribution in [3.05, 3.63) is 18.2 Å². The smallest absolute Gasteiger partial charge is 0.231 e. The summed E-state index contributed by atoms with van der Waals surface area (Å²) in [5.41, 5.74) is 0. The van der Waals surface area contributed by atoms with Crippen molar-refractivity contribution < 1.29 is 17.9 Å². The summed E-state index contributed by atoms with van der Waals surface area (Å²) in [6, 6.07) is 4.83. The van der Waals surface area contributed by atoms with Crippen LogP contribution in [0.15, 0.2) is 23.1 Å². The van der Waals surface area contributed by atoms with E-state index < -0.39 is 9.84 Å². The summed E-state index contributed by atoms with van der Waals surface area (Å²) in [6.45, 7) is 1.97. The molecule has 104 valence electrons. The third-order valence-corrected chi connectivity index (χ3v) is 5.50. The van der Waals surface area contributed by atoms with Gasteiger partial charge in [-0.15, -0.1) is 0 Å². The minimum Gasteiger partial charge on any atom is -0.454 e. The number of benzene rings is 1. The Kier molecular flexibility index (Phi) is 3.36. The van der Waals surface area contributed by atoms with E-state index in [0.29, 0.717) is 16.4 Å². The molecule has 0 radical (unpaired) electrons. The molecule has 2 heterocycles. The summed E-state index contributed by atoms with van der Waals surface area (Å²) in [6.07, 6.45) is 1.84. The van der Waals surface area contributed by atoms with E-state index in [4.69, 9.17) is 9.47 Å². The number of sulfone groups is 1. The van der Waals surface area contributed by atoms with Gasteiger partial charge in [-0.3, -0.25) is 0 Å². The normalized spacial score (nSPS) is 19.6.